The number of anilines is 1. The molecule has 0 saturated heterocycles. The van der Waals surface area contributed by atoms with E-state index in [2.05, 4.69) is 20.7 Å². The summed E-state index contributed by atoms with van der Waals surface area (Å²) in [5.41, 5.74) is 0.858. The number of rotatable bonds is 4. The third kappa shape index (κ3) is 2.92. The molecule has 108 valence electrons. The normalized spacial score (nSPS) is 11.3. The van der Waals surface area contributed by atoms with Crippen LogP contribution in [0, 0.1) is 6.92 Å². The molecule has 0 atom stereocenters. The fraction of sp³-hybridized carbons (Fsp3) is 0.167. The summed E-state index contributed by atoms with van der Waals surface area (Å²) in [6.45, 7) is 1.81. The number of nitrogens with one attached hydrogen (secondary N) is 1. The van der Waals surface area contributed by atoms with Crippen LogP contribution in [0.15, 0.2) is 32.3 Å². The smallest absolute Gasteiger partial charge is 0.271 e. The molecule has 0 unspecified atom stereocenters. The number of methoxy groups -OCH3 is 1. The zero-order chi connectivity index (χ0) is 14.9. The van der Waals surface area contributed by atoms with Crippen molar-refractivity contribution in [2.24, 2.45) is 0 Å². The number of sulfonamides is 1. The third-order valence-corrected chi connectivity index (χ3v) is 6.52. The number of phenols is 1. The highest BCUT2D eigenvalue weighted by Gasteiger charge is 2.21. The molecule has 8 heteroatoms. The van der Waals surface area contributed by atoms with Crippen molar-refractivity contribution >= 4 is 43.0 Å². The van der Waals surface area contributed by atoms with Crippen molar-refractivity contribution in [1.29, 1.82) is 0 Å². The van der Waals surface area contributed by atoms with E-state index in [9.17, 15) is 13.5 Å². The van der Waals surface area contributed by atoms with Crippen LogP contribution >= 0.6 is 27.3 Å². The van der Waals surface area contributed by atoms with E-state index in [1.54, 1.807) is 25.1 Å². The summed E-state index contributed by atoms with van der Waals surface area (Å²) < 4.78 is 32.9. The minimum atomic E-state index is -3.77. The number of phenolic OH excluding ortho intramolecular Hbond substituents is 1. The van der Waals surface area contributed by atoms with Crippen molar-refractivity contribution in [1.82, 2.24) is 0 Å². The second-order valence-electron chi connectivity index (χ2n) is 3.98. The molecule has 0 fully saturated rings. The topological polar surface area (TPSA) is 75.6 Å². The van der Waals surface area contributed by atoms with E-state index in [0.717, 1.165) is 20.7 Å². The fourth-order valence-corrected chi connectivity index (χ4v) is 4.85. The number of hydrogen-bond donors (Lipinski definition) is 2. The van der Waals surface area contributed by atoms with Gasteiger partial charge in [0.2, 0.25) is 0 Å². The minimum Gasteiger partial charge on any atom is -0.506 e. The molecule has 5 nitrogen and oxygen atoms in total. The molecule has 0 spiro atoms. The highest BCUT2D eigenvalue weighted by atomic mass is 79.9. The number of aromatic hydroxyl groups is 1. The summed E-state index contributed by atoms with van der Waals surface area (Å²) >= 11 is 4.39. The van der Waals surface area contributed by atoms with E-state index >= 15 is 0 Å². The molecule has 1 aromatic carbocycles. The van der Waals surface area contributed by atoms with Gasteiger partial charge in [-0.05, 0) is 46.6 Å². The second kappa shape index (κ2) is 5.63. The molecule has 0 aliphatic rings. The standard InChI is InChI=1S/C12H12BrNO4S2/c1-7-6-10(19-12(7)13)20(16,17)14-11-8(15)4-3-5-9(11)18-2/h3-6,14-15H,1-2H3. The highest BCUT2D eigenvalue weighted by Crippen LogP contribution is 2.37. The zero-order valence-corrected chi connectivity index (χ0v) is 13.9. The monoisotopic (exact) mass is 377 g/mol. The predicted octanol–water partition coefficient (Wildman–Crippen LogP) is 3.33. The summed E-state index contributed by atoms with van der Waals surface area (Å²) in [5.74, 6) is 0.0567. The average Bonchev–Trinajstić information content (AvgIpc) is 2.73. The maximum Gasteiger partial charge on any atom is 0.271 e. The van der Waals surface area contributed by atoms with Gasteiger partial charge in [0, 0.05) is 0 Å². The number of benzene rings is 1. The van der Waals surface area contributed by atoms with Crippen LogP contribution in [-0.2, 0) is 10.0 Å². The molecule has 0 radical (unpaired) electrons. The highest BCUT2D eigenvalue weighted by molar-refractivity contribution is 9.11. The van der Waals surface area contributed by atoms with Crippen LogP contribution in [0.2, 0.25) is 0 Å². The second-order valence-corrected chi connectivity index (χ2v) is 8.26. The van der Waals surface area contributed by atoms with Crippen molar-refractivity contribution < 1.29 is 18.3 Å². The Hall–Kier alpha value is -1.25. The number of para-hydroxylation sites is 1. The molecule has 0 amide bonds. The summed E-state index contributed by atoms with van der Waals surface area (Å²) in [6, 6.07) is 6.07. The van der Waals surface area contributed by atoms with Crippen LogP contribution in [0.1, 0.15) is 5.56 Å². The number of ether oxygens (including phenoxy) is 1. The maximum absolute atomic E-state index is 12.3. The van der Waals surface area contributed by atoms with Crippen molar-refractivity contribution in [3.63, 3.8) is 0 Å². The Labute approximate surface area is 129 Å². The molecule has 2 N–H and O–H groups in total. The lowest BCUT2D eigenvalue weighted by Gasteiger charge is -2.12. The Kier molecular flexibility index (Phi) is 4.26. The van der Waals surface area contributed by atoms with Gasteiger partial charge >= 0.3 is 0 Å². The number of hydrogen-bond acceptors (Lipinski definition) is 5. The van der Waals surface area contributed by atoms with Gasteiger partial charge in [-0.15, -0.1) is 11.3 Å². The van der Waals surface area contributed by atoms with E-state index in [4.69, 9.17) is 4.74 Å². The number of thiophene rings is 1. The lowest BCUT2D eigenvalue weighted by atomic mass is 10.3. The fourth-order valence-electron chi connectivity index (χ4n) is 1.54. The average molecular weight is 378 g/mol. The molecule has 0 aliphatic heterocycles. The SMILES string of the molecule is COc1cccc(O)c1NS(=O)(=O)c1cc(C)c(Br)s1. The molecule has 1 heterocycles. The first kappa shape index (κ1) is 15.1. The van der Waals surface area contributed by atoms with Crippen LogP contribution in [0.25, 0.3) is 0 Å². The molecular formula is C12H12BrNO4S2. The van der Waals surface area contributed by atoms with Gasteiger partial charge in [0.25, 0.3) is 10.0 Å². The number of aryl methyl sites for hydroxylation is 1. The minimum absolute atomic E-state index is 0.0252. The van der Waals surface area contributed by atoms with Gasteiger partial charge in [0.15, 0.2) is 0 Å². The summed E-state index contributed by atoms with van der Waals surface area (Å²) in [6.07, 6.45) is 0. The Morgan fingerprint density at radius 1 is 1.40 bits per heavy atom. The maximum atomic E-state index is 12.3. The van der Waals surface area contributed by atoms with Crippen molar-refractivity contribution in [3.8, 4) is 11.5 Å². The van der Waals surface area contributed by atoms with Gasteiger partial charge in [0.1, 0.15) is 21.4 Å². The van der Waals surface area contributed by atoms with Gasteiger partial charge < -0.3 is 9.84 Å². The molecule has 2 rings (SSSR count). The lowest BCUT2D eigenvalue weighted by Crippen LogP contribution is -2.12. The van der Waals surface area contributed by atoms with Gasteiger partial charge in [0.05, 0.1) is 10.9 Å². The molecule has 2 aromatic rings. The van der Waals surface area contributed by atoms with Crippen LogP contribution < -0.4 is 9.46 Å². The van der Waals surface area contributed by atoms with Crippen LogP contribution in [0.3, 0.4) is 0 Å². The van der Waals surface area contributed by atoms with E-state index in [1.807, 2.05) is 0 Å². The summed E-state index contributed by atoms with van der Waals surface area (Å²) in [5, 5.41) is 9.78. The first-order valence-electron chi connectivity index (χ1n) is 5.50. The molecular weight excluding hydrogens is 366 g/mol. The van der Waals surface area contributed by atoms with E-state index in [0.29, 0.717) is 0 Å². The molecule has 0 aliphatic carbocycles. The van der Waals surface area contributed by atoms with Crippen molar-refractivity contribution in [2.75, 3.05) is 11.8 Å². The Balaban J connectivity index is 2.43. The van der Waals surface area contributed by atoms with E-state index in [1.165, 1.54) is 13.2 Å². The Bertz CT molecular complexity index is 720. The Morgan fingerprint density at radius 2 is 2.10 bits per heavy atom. The van der Waals surface area contributed by atoms with Gasteiger partial charge in [-0.3, -0.25) is 4.72 Å². The quantitative estimate of drug-likeness (QED) is 0.801. The Morgan fingerprint density at radius 3 is 2.65 bits per heavy atom. The van der Waals surface area contributed by atoms with Gasteiger partial charge in [-0.2, -0.15) is 0 Å². The molecule has 1 aromatic heterocycles. The van der Waals surface area contributed by atoms with Crippen LogP contribution in [0.4, 0.5) is 5.69 Å². The van der Waals surface area contributed by atoms with Crippen molar-refractivity contribution in [3.05, 3.63) is 33.6 Å². The zero-order valence-electron chi connectivity index (χ0n) is 10.7. The largest absolute Gasteiger partial charge is 0.506 e. The van der Waals surface area contributed by atoms with Gasteiger partial charge in [-0.1, -0.05) is 6.07 Å². The first-order chi connectivity index (χ1) is 9.35. The van der Waals surface area contributed by atoms with E-state index in [-0.39, 0.29) is 21.4 Å². The van der Waals surface area contributed by atoms with Crippen LogP contribution in [-0.4, -0.2) is 20.6 Å². The predicted molar refractivity (Wildman–Crippen MR) is 82.2 cm³/mol. The van der Waals surface area contributed by atoms with E-state index < -0.39 is 10.0 Å². The lowest BCUT2D eigenvalue weighted by molar-refractivity contribution is 0.411. The van der Waals surface area contributed by atoms with Crippen LogP contribution in [0.5, 0.6) is 11.5 Å². The summed E-state index contributed by atoms with van der Waals surface area (Å²) in [7, 11) is -2.37. The molecule has 0 bridgehead atoms. The molecule has 0 saturated carbocycles. The van der Waals surface area contributed by atoms with Gasteiger partial charge in [-0.25, -0.2) is 8.42 Å². The first-order valence-corrected chi connectivity index (χ1v) is 8.59. The number of halogens is 1. The molecule has 20 heavy (non-hydrogen) atoms. The third-order valence-electron chi connectivity index (χ3n) is 2.56. The van der Waals surface area contributed by atoms with Crippen molar-refractivity contribution in [2.45, 2.75) is 11.1 Å². The summed E-state index contributed by atoms with van der Waals surface area (Å²) in [4.78, 5) is 0.